The normalized spacial score (nSPS) is 10.2. The molecule has 88 valence electrons. The third kappa shape index (κ3) is 2.72. The van der Waals surface area contributed by atoms with E-state index in [-0.39, 0.29) is 12.4 Å². The lowest BCUT2D eigenvalue weighted by atomic mass is 10.1. The molecule has 0 fully saturated rings. The van der Waals surface area contributed by atoms with Crippen LogP contribution in [-0.2, 0) is 6.61 Å². The van der Waals surface area contributed by atoms with E-state index in [0.29, 0.717) is 17.1 Å². The van der Waals surface area contributed by atoms with Crippen molar-refractivity contribution in [1.29, 1.82) is 0 Å². The first-order valence-corrected chi connectivity index (χ1v) is 5.32. The van der Waals surface area contributed by atoms with Gasteiger partial charge in [0.15, 0.2) is 11.5 Å². The van der Waals surface area contributed by atoms with Crippen LogP contribution in [0, 0.1) is 6.92 Å². The lowest BCUT2D eigenvalue weighted by Gasteiger charge is -2.07. The van der Waals surface area contributed by atoms with Crippen LogP contribution in [0.5, 0.6) is 5.75 Å². The minimum atomic E-state index is -0.0191. The van der Waals surface area contributed by atoms with Crippen LogP contribution in [0.15, 0.2) is 34.9 Å². The fraction of sp³-hybridized carbons (Fsp3) is 0.231. The molecular weight excluding hydrogens is 218 g/mol. The third-order valence-corrected chi connectivity index (χ3v) is 2.31. The van der Waals surface area contributed by atoms with E-state index in [1.807, 2.05) is 19.1 Å². The van der Waals surface area contributed by atoms with Gasteiger partial charge in [-0.15, -0.1) is 0 Å². The number of benzene rings is 1. The van der Waals surface area contributed by atoms with Crippen LogP contribution in [0.3, 0.4) is 0 Å². The van der Waals surface area contributed by atoms with E-state index >= 15 is 0 Å². The molecule has 2 aromatic rings. The van der Waals surface area contributed by atoms with Crippen molar-refractivity contribution in [2.75, 3.05) is 0 Å². The zero-order chi connectivity index (χ0) is 12.3. The lowest BCUT2D eigenvalue weighted by molar-refractivity contribution is 0.101. The van der Waals surface area contributed by atoms with Gasteiger partial charge in [-0.2, -0.15) is 0 Å². The quantitative estimate of drug-likeness (QED) is 0.759. The number of aromatic nitrogens is 1. The summed E-state index contributed by atoms with van der Waals surface area (Å²) in [5, 5.41) is 3.76. The molecule has 1 heterocycles. The van der Waals surface area contributed by atoms with Crippen LogP contribution >= 0.6 is 0 Å². The molecule has 0 aliphatic heterocycles. The van der Waals surface area contributed by atoms with Crippen molar-refractivity contribution in [3.05, 3.63) is 47.3 Å². The Morgan fingerprint density at radius 3 is 2.82 bits per heavy atom. The molecule has 4 heteroatoms. The molecule has 1 aromatic heterocycles. The molecule has 0 saturated carbocycles. The molecule has 0 N–H and O–H groups in total. The predicted octanol–water partition coefficient (Wildman–Crippen LogP) is 2.76. The first kappa shape index (κ1) is 11.4. The van der Waals surface area contributed by atoms with Gasteiger partial charge in [0.2, 0.25) is 0 Å². The summed E-state index contributed by atoms with van der Waals surface area (Å²) in [5.41, 5.74) is 1.38. The third-order valence-electron chi connectivity index (χ3n) is 2.31. The number of nitrogens with zero attached hydrogens (tertiary/aromatic N) is 1. The van der Waals surface area contributed by atoms with Gasteiger partial charge in [0.1, 0.15) is 12.4 Å². The van der Waals surface area contributed by atoms with Crippen LogP contribution in [0.1, 0.15) is 28.7 Å². The number of hydrogen-bond acceptors (Lipinski definition) is 4. The molecule has 0 aliphatic rings. The van der Waals surface area contributed by atoms with E-state index in [4.69, 9.17) is 9.26 Å². The summed E-state index contributed by atoms with van der Waals surface area (Å²) >= 11 is 0. The number of rotatable bonds is 4. The van der Waals surface area contributed by atoms with Crippen molar-refractivity contribution in [2.45, 2.75) is 20.5 Å². The molecule has 0 saturated heterocycles. The van der Waals surface area contributed by atoms with Gasteiger partial charge in [0.05, 0.1) is 11.3 Å². The standard InChI is InChI=1S/C13H13NO3/c1-9-7-11(17-14-9)8-16-13-6-4-3-5-12(13)10(2)15/h3-7H,8H2,1-2H3. The van der Waals surface area contributed by atoms with Gasteiger partial charge in [-0.25, -0.2) is 0 Å². The Labute approximate surface area is 99.2 Å². The van der Waals surface area contributed by atoms with Crippen LogP contribution < -0.4 is 4.74 Å². The van der Waals surface area contributed by atoms with Gasteiger partial charge in [0, 0.05) is 6.07 Å². The Kier molecular flexibility index (Phi) is 3.23. The second kappa shape index (κ2) is 4.82. The topological polar surface area (TPSA) is 52.3 Å². The Morgan fingerprint density at radius 2 is 2.18 bits per heavy atom. The minimum Gasteiger partial charge on any atom is -0.485 e. The Balaban J connectivity index is 2.11. The number of carbonyl (C=O) groups excluding carboxylic acids is 1. The molecule has 0 unspecified atom stereocenters. The van der Waals surface area contributed by atoms with E-state index in [1.54, 1.807) is 18.2 Å². The van der Waals surface area contributed by atoms with Crippen LogP contribution in [0.2, 0.25) is 0 Å². The van der Waals surface area contributed by atoms with Gasteiger partial charge in [-0.1, -0.05) is 17.3 Å². The number of carbonyl (C=O) groups is 1. The second-order valence-electron chi connectivity index (χ2n) is 3.78. The van der Waals surface area contributed by atoms with Crippen molar-refractivity contribution >= 4 is 5.78 Å². The number of aryl methyl sites for hydroxylation is 1. The maximum atomic E-state index is 11.4. The van der Waals surface area contributed by atoms with Crippen LogP contribution in [0.25, 0.3) is 0 Å². The molecule has 0 spiro atoms. The SMILES string of the molecule is CC(=O)c1ccccc1OCc1cc(C)no1. The summed E-state index contributed by atoms with van der Waals surface area (Å²) in [4.78, 5) is 11.4. The zero-order valence-electron chi connectivity index (χ0n) is 9.77. The summed E-state index contributed by atoms with van der Waals surface area (Å²) in [6.07, 6.45) is 0. The summed E-state index contributed by atoms with van der Waals surface area (Å²) in [5.74, 6) is 1.18. The molecule has 2 rings (SSSR count). The Bertz CT molecular complexity index is 531. The maximum absolute atomic E-state index is 11.4. The smallest absolute Gasteiger partial charge is 0.174 e. The first-order valence-electron chi connectivity index (χ1n) is 5.32. The number of ether oxygens (including phenoxy) is 1. The average Bonchev–Trinajstić information content (AvgIpc) is 2.73. The van der Waals surface area contributed by atoms with Crippen molar-refractivity contribution in [1.82, 2.24) is 5.16 Å². The van der Waals surface area contributed by atoms with E-state index in [2.05, 4.69) is 5.16 Å². The number of para-hydroxylation sites is 1. The molecule has 0 amide bonds. The van der Waals surface area contributed by atoms with Crippen molar-refractivity contribution in [2.24, 2.45) is 0 Å². The zero-order valence-corrected chi connectivity index (χ0v) is 9.77. The van der Waals surface area contributed by atoms with Gasteiger partial charge in [0.25, 0.3) is 0 Å². The Hall–Kier alpha value is -2.10. The van der Waals surface area contributed by atoms with Crippen LogP contribution in [0.4, 0.5) is 0 Å². The summed E-state index contributed by atoms with van der Waals surface area (Å²) in [6.45, 7) is 3.63. The maximum Gasteiger partial charge on any atom is 0.174 e. The highest BCUT2D eigenvalue weighted by Crippen LogP contribution is 2.19. The van der Waals surface area contributed by atoms with Crippen molar-refractivity contribution in [3.8, 4) is 5.75 Å². The van der Waals surface area contributed by atoms with Gasteiger partial charge >= 0.3 is 0 Å². The van der Waals surface area contributed by atoms with E-state index < -0.39 is 0 Å². The monoisotopic (exact) mass is 231 g/mol. The highest BCUT2D eigenvalue weighted by atomic mass is 16.5. The Morgan fingerprint density at radius 1 is 1.41 bits per heavy atom. The highest BCUT2D eigenvalue weighted by molar-refractivity contribution is 5.96. The summed E-state index contributed by atoms with van der Waals surface area (Å²) < 4.78 is 10.6. The summed E-state index contributed by atoms with van der Waals surface area (Å²) in [6, 6.07) is 8.94. The second-order valence-corrected chi connectivity index (χ2v) is 3.78. The van der Waals surface area contributed by atoms with Gasteiger partial charge in [-0.3, -0.25) is 4.79 Å². The fourth-order valence-electron chi connectivity index (χ4n) is 1.52. The first-order chi connectivity index (χ1) is 8.16. The minimum absolute atomic E-state index is 0.0191. The van der Waals surface area contributed by atoms with E-state index in [0.717, 1.165) is 5.69 Å². The lowest BCUT2D eigenvalue weighted by Crippen LogP contribution is -2.00. The number of ketones is 1. The molecule has 17 heavy (non-hydrogen) atoms. The predicted molar refractivity (Wildman–Crippen MR) is 62.0 cm³/mol. The number of Topliss-reactive ketones (excluding diaryl/α,β-unsaturated/α-hetero) is 1. The van der Waals surface area contributed by atoms with Gasteiger partial charge in [-0.05, 0) is 26.0 Å². The van der Waals surface area contributed by atoms with Crippen molar-refractivity contribution in [3.63, 3.8) is 0 Å². The average molecular weight is 231 g/mol. The molecule has 0 radical (unpaired) electrons. The van der Waals surface area contributed by atoms with E-state index in [1.165, 1.54) is 6.92 Å². The fourth-order valence-corrected chi connectivity index (χ4v) is 1.52. The highest BCUT2D eigenvalue weighted by Gasteiger charge is 2.08. The van der Waals surface area contributed by atoms with Crippen LogP contribution in [-0.4, -0.2) is 10.9 Å². The molecule has 0 atom stereocenters. The van der Waals surface area contributed by atoms with Gasteiger partial charge < -0.3 is 9.26 Å². The molecule has 0 aliphatic carbocycles. The molecular formula is C13H13NO3. The largest absolute Gasteiger partial charge is 0.485 e. The molecule has 4 nitrogen and oxygen atoms in total. The molecule has 1 aromatic carbocycles. The van der Waals surface area contributed by atoms with Crippen molar-refractivity contribution < 1.29 is 14.1 Å². The number of hydrogen-bond donors (Lipinski definition) is 0. The van der Waals surface area contributed by atoms with E-state index in [9.17, 15) is 4.79 Å². The molecule has 0 bridgehead atoms. The summed E-state index contributed by atoms with van der Waals surface area (Å²) in [7, 11) is 0.